The maximum Gasteiger partial charge on any atom is 0.228 e. The molecule has 5 aliphatic rings. The second-order valence-corrected chi connectivity index (χ2v) is 13.2. The minimum Gasteiger partial charge on any atom is -0.380 e. The molecular formula is C28H49FN6O2. The standard InChI is InChI=1S/C28H49FN6O2/c1-19-3-8-27(9-4-19)10-5-20(29)14-33-21(13-27)24(25(30)31)26(36)34-22-15-32-11-6-23(22)35-12-2-7-28(16-35)17-37-18-28/h14,19-25,32H,2-13,15-18,30-31H2,1H3,(H,34,36). The first-order valence-electron chi connectivity index (χ1n) is 14.8. The van der Waals surface area contributed by atoms with E-state index in [1.165, 1.54) is 19.1 Å². The lowest BCUT2D eigenvalue weighted by Crippen LogP contribution is -2.65. The van der Waals surface area contributed by atoms with E-state index < -0.39 is 24.3 Å². The minimum absolute atomic E-state index is 0.0189. The van der Waals surface area contributed by atoms with Crippen LogP contribution in [0, 0.1) is 22.7 Å². The number of nitrogens with zero attached hydrogens (tertiary/aromatic N) is 2. The third kappa shape index (κ3) is 6.21. The van der Waals surface area contributed by atoms with Crippen LogP contribution in [0.5, 0.6) is 0 Å². The molecule has 4 fully saturated rings. The number of piperidine rings is 2. The minimum atomic E-state index is -1.08. The predicted molar refractivity (Wildman–Crippen MR) is 144 cm³/mol. The molecule has 2 spiro atoms. The number of carbonyl (C=O) groups excluding carboxylic acids is 1. The fourth-order valence-corrected chi connectivity index (χ4v) is 7.84. The Kier molecular flexibility index (Phi) is 8.56. The van der Waals surface area contributed by atoms with Crippen LogP contribution in [-0.4, -0.2) is 86.9 Å². The fraction of sp³-hybridized carbons (Fsp3) is 0.929. The Morgan fingerprint density at radius 1 is 1.16 bits per heavy atom. The molecule has 6 N–H and O–H groups in total. The third-order valence-electron chi connectivity index (χ3n) is 10.2. The largest absolute Gasteiger partial charge is 0.380 e. The molecule has 8 nitrogen and oxygen atoms in total. The van der Waals surface area contributed by atoms with Gasteiger partial charge in [0.15, 0.2) is 0 Å². The number of nitrogens with one attached hydrogen (secondary N) is 2. The highest BCUT2D eigenvalue weighted by atomic mass is 19.1. The molecule has 4 heterocycles. The van der Waals surface area contributed by atoms with Gasteiger partial charge in [0.1, 0.15) is 6.17 Å². The van der Waals surface area contributed by atoms with E-state index in [9.17, 15) is 9.18 Å². The molecule has 5 unspecified atom stereocenters. The molecule has 0 aromatic carbocycles. The molecule has 0 bridgehead atoms. The van der Waals surface area contributed by atoms with Gasteiger partial charge in [0.2, 0.25) is 5.91 Å². The van der Waals surface area contributed by atoms with Gasteiger partial charge in [-0.3, -0.25) is 14.7 Å². The van der Waals surface area contributed by atoms with Gasteiger partial charge in [-0.15, -0.1) is 0 Å². The first-order valence-corrected chi connectivity index (χ1v) is 14.8. The highest BCUT2D eigenvalue weighted by Crippen LogP contribution is 2.48. The van der Waals surface area contributed by atoms with Gasteiger partial charge in [-0.25, -0.2) is 4.39 Å². The van der Waals surface area contributed by atoms with Gasteiger partial charge in [-0.1, -0.05) is 19.8 Å². The summed E-state index contributed by atoms with van der Waals surface area (Å²) in [6, 6.07) is -0.137. The fourth-order valence-electron chi connectivity index (χ4n) is 7.84. The second kappa shape index (κ2) is 11.5. The highest BCUT2D eigenvalue weighted by Gasteiger charge is 2.46. The Balaban J connectivity index is 1.31. The molecule has 4 aliphatic heterocycles. The Labute approximate surface area is 221 Å². The number of likely N-dealkylation sites (tertiary alicyclic amines) is 1. The van der Waals surface area contributed by atoms with Crippen molar-refractivity contribution in [3.05, 3.63) is 0 Å². The van der Waals surface area contributed by atoms with Crippen molar-refractivity contribution in [2.75, 3.05) is 39.4 Å². The number of nitrogens with two attached hydrogens (primary N) is 2. The second-order valence-electron chi connectivity index (χ2n) is 13.2. The summed E-state index contributed by atoms with van der Waals surface area (Å²) in [6.07, 6.45) is 9.41. The summed E-state index contributed by atoms with van der Waals surface area (Å²) < 4.78 is 20.2. The normalized spacial score (nSPS) is 39.6. The van der Waals surface area contributed by atoms with Gasteiger partial charge >= 0.3 is 0 Å². The monoisotopic (exact) mass is 520 g/mol. The smallest absolute Gasteiger partial charge is 0.228 e. The first-order chi connectivity index (χ1) is 17.8. The lowest BCUT2D eigenvalue weighted by atomic mass is 9.63. The third-order valence-corrected chi connectivity index (χ3v) is 10.2. The van der Waals surface area contributed by atoms with Crippen molar-refractivity contribution in [1.29, 1.82) is 0 Å². The van der Waals surface area contributed by atoms with Crippen molar-refractivity contribution in [3.8, 4) is 0 Å². The Morgan fingerprint density at radius 3 is 2.62 bits per heavy atom. The van der Waals surface area contributed by atoms with Crippen LogP contribution >= 0.6 is 0 Å². The molecule has 0 radical (unpaired) electrons. The molecular weight excluding hydrogens is 471 g/mol. The molecule has 9 heteroatoms. The van der Waals surface area contributed by atoms with Gasteiger partial charge in [-0.05, 0) is 75.8 Å². The number of alkyl halides is 1. The Hall–Kier alpha value is -1.13. The van der Waals surface area contributed by atoms with E-state index in [1.54, 1.807) is 0 Å². The zero-order valence-corrected chi connectivity index (χ0v) is 22.7. The van der Waals surface area contributed by atoms with Crippen molar-refractivity contribution in [3.63, 3.8) is 0 Å². The molecule has 0 aromatic rings. The lowest BCUT2D eigenvalue weighted by Gasteiger charge is -2.52. The van der Waals surface area contributed by atoms with Gasteiger partial charge < -0.3 is 26.8 Å². The Morgan fingerprint density at radius 2 is 1.92 bits per heavy atom. The van der Waals surface area contributed by atoms with E-state index in [2.05, 4.69) is 27.4 Å². The van der Waals surface area contributed by atoms with Crippen LogP contribution in [0.3, 0.4) is 0 Å². The number of carbonyl (C=O) groups is 1. The van der Waals surface area contributed by atoms with Crippen molar-refractivity contribution in [1.82, 2.24) is 15.5 Å². The van der Waals surface area contributed by atoms with E-state index in [0.717, 1.165) is 84.3 Å². The van der Waals surface area contributed by atoms with Crippen molar-refractivity contribution in [2.24, 2.45) is 39.1 Å². The number of ether oxygens (including phenoxy) is 1. The lowest BCUT2D eigenvalue weighted by molar-refractivity contribution is -0.152. The quantitative estimate of drug-likeness (QED) is 0.412. The zero-order valence-electron chi connectivity index (χ0n) is 22.7. The maximum atomic E-state index is 14.7. The maximum absolute atomic E-state index is 14.7. The van der Waals surface area contributed by atoms with Crippen LogP contribution in [0.2, 0.25) is 0 Å². The number of hydrogen-bond acceptors (Lipinski definition) is 7. The van der Waals surface area contributed by atoms with Gasteiger partial charge in [-0.2, -0.15) is 0 Å². The summed E-state index contributed by atoms with van der Waals surface area (Å²) in [6.45, 7) is 7.77. The SMILES string of the molecule is CC1CCC2(CCC(F)C=NC(C(C(=O)NC3CNCCC3N3CCCC4(COC4)C3)C(N)N)C2)CC1. The first kappa shape index (κ1) is 27.4. The molecule has 210 valence electrons. The van der Waals surface area contributed by atoms with Gasteiger partial charge in [0, 0.05) is 30.8 Å². The molecule has 37 heavy (non-hydrogen) atoms. The summed E-state index contributed by atoms with van der Waals surface area (Å²) in [5, 5.41) is 6.82. The van der Waals surface area contributed by atoms with E-state index in [0.29, 0.717) is 17.8 Å². The summed E-state index contributed by atoms with van der Waals surface area (Å²) in [4.78, 5) is 21.1. The van der Waals surface area contributed by atoms with Crippen LogP contribution in [0.25, 0.3) is 0 Å². The topological polar surface area (TPSA) is 118 Å². The molecule has 0 aromatic heterocycles. The van der Waals surface area contributed by atoms with Crippen LogP contribution in [0.1, 0.15) is 71.1 Å². The molecule has 1 saturated carbocycles. The number of aliphatic imine (C=N–C) groups is 1. The molecule has 1 aliphatic carbocycles. The molecule has 3 saturated heterocycles. The van der Waals surface area contributed by atoms with E-state index in [4.69, 9.17) is 16.2 Å². The summed E-state index contributed by atoms with van der Waals surface area (Å²) in [5.74, 6) is -0.107. The molecule has 5 atom stereocenters. The van der Waals surface area contributed by atoms with Crippen LogP contribution in [0.4, 0.5) is 4.39 Å². The summed E-state index contributed by atoms with van der Waals surface area (Å²) in [5.41, 5.74) is 12.9. The summed E-state index contributed by atoms with van der Waals surface area (Å²) in [7, 11) is 0. The Bertz CT molecular complexity index is 812. The average Bonchev–Trinajstić information content (AvgIpc) is 2.86. The van der Waals surface area contributed by atoms with Gasteiger partial charge in [0.25, 0.3) is 0 Å². The van der Waals surface area contributed by atoms with Gasteiger partial charge in [0.05, 0.1) is 37.4 Å². The molecule has 5 rings (SSSR count). The number of amides is 1. The van der Waals surface area contributed by atoms with Crippen molar-refractivity contribution < 1.29 is 13.9 Å². The van der Waals surface area contributed by atoms with E-state index >= 15 is 0 Å². The zero-order chi connectivity index (χ0) is 26.0. The van der Waals surface area contributed by atoms with Crippen LogP contribution in [-0.2, 0) is 9.53 Å². The van der Waals surface area contributed by atoms with Crippen LogP contribution in [0.15, 0.2) is 4.99 Å². The number of rotatable bonds is 5. The summed E-state index contributed by atoms with van der Waals surface area (Å²) >= 11 is 0. The van der Waals surface area contributed by atoms with Crippen molar-refractivity contribution in [2.45, 2.75) is 102 Å². The predicted octanol–water partition coefficient (Wildman–Crippen LogP) is 1.96. The molecule has 1 amide bonds. The van der Waals surface area contributed by atoms with Crippen molar-refractivity contribution >= 4 is 12.1 Å². The van der Waals surface area contributed by atoms with Crippen LogP contribution < -0.4 is 22.1 Å². The highest BCUT2D eigenvalue weighted by molar-refractivity contribution is 5.81. The van der Waals surface area contributed by atoms with E-state index in [1.807, 2.05) is 0 Å². The average molecular weight is 521 g/mol. The van der Waals surface area contributed by atoms with E-state index in [-0.39, 0.29) is 23.4 Å². The number of halogens is 1. The number of hydrogen-bond donors (Lipinski definition) is 4.